The lowest BCUT2D eigenvalue weighted by atomic mass is 10.2. The Morgan fingerprint density at radius 3 is 2.52 bits per heavy atom. The molecule has 0 atom stereocenters. The molecule has 0 aliphatic heterocycles. The first kappa shape index (κ1) is 19.0. The van der Waals surface area contributed by atoms with Gasteiger partial charge in [-0.25, -0.2) is 4.98 Å². The van der Waals surface area contributed by atoms with Gasteiger partial charge in [0.25, 0.3) is 0 Å². The summed E-state index contributed by atoms with van der Waals surface area (Å²) < 4.78 is 2.15. The average Bonchev–Trinajstić information content (AvgIpc) is 3.16. The number of hydrogen-bond donors (Lipinski definition) is 2. The minimum absolute atomic E-state index is 0.630. The molecular formula is C21H25N5S. The Bertz CT molecular complexity index is 830. The highest BCUT2D eigenvalue weighted by Gasteiger charge is 2.05. The zero-order valence-electron chi connectivity index (χ0n) is 15.5. The van der Waals surface area contributed by atoms with Gasteiger partial charge in [-0.2, -0.15) is 0 Å². The molecule has 0 saturated heterocycles. The van der Waals surface area contributed by atoms with Crippen LogP contribution in [0.2, 0.25) is 0 Å². The third kappa shape index (κ3) is 6.18. The summed E-state index contributed by atoms with van der Waals surface area (Å²) in [5.41, 5.74) is 1.26. The number of aliphatic imine (C=N–C) groups is 1. The monoisotopic (exact) mass is 379 g/mol. The molecule has 0 bridgehead atoms. The molecule has 0 aliphatic rings. The van der Waals surface area contributed by atoms with Gasteiger partial charge in [-0.3, -0.25) is 4.99 Å². The first-order chi connectivity index (χ1) is 13.3. The summed E-state index contributed by atoms with van der Waals surface area (Å²) in [7, 11) is 1.79. The van der Waals surface area contributed by atoms with Crippen LogP contribution in [0.4, 0.5) is 0 Å². The highest BCUT2D eigenvalue weighted by molar-refractivity contribution is 7.99. The van der Waals surface area contributed by atoms with E-state index in [1.54, 1.807) is 7.05 Å². The van der Waals surface area contributed by atoms with Crippen molar-refractivity contribution in [1.82, 2.24) is 20.2 Å². The van der Waals surface area contributed by atoms with Gasteiger partial charge in [-0.05, 0) is 17.7 Å². The van der Waals surface area contributed by atoms with E-state index in [0.29, 0.717) is 6.54 Å². The second-order valence-electron chi connectivity index (χ2n) is 5.97. The molecule has 1 heterocycles. The number of benzene rings is 2. The number of guanidine groups is 1. The van der Waals surface area contributed by atoms with Gasteiger partial charge >= 0.3 is 0 Å². The van der Waals surface area contributed by atoms with Crippen molar-refractivity contribution >= 4 is 17.7 Å². The highest BCUT2D eigenvalue weighted by Crippen LogP contribution is 2.15. The maximum absolute atomic E-state index is 4.47. The molecule has 0 aliphatic carbocycles. The summed E-state index contributed by atoms with van der Waals surface area (Å²) in [6.07, 6.45) is 3.85. The van der Waals surface area contributed by atoms with Crippen LogP contribution in [0.3, 0.4) is 0 Å². The number of rotatable bonds is 8. The molecule has 2 N–H and O–H groups in total. The van der Waals surface area contributed by atoms with E-state index in [4.69, 9.17) is 0 Å². The minimum atomic E-state index is 0.630. The maximum Gasteiger partial charge on any atom is 0.191 e. The van der Waals surface area contributed by atoms with Gasteiger partial charge in [0.1, 0.15) is 5.82 Å². The fourth-order valence-corrected chi connectivity index (χ4v) is 3.46. The summed E-state index contributed by atoms with van der Waals surface area (Å²) in [5.74, 6) is 2.76. The molecule has 3 aromatic rings. The molecule has 5 nitrogen and oxygen atoms in total. The molecule has 0 amide bonds. The topological polar surface area (TPSA) is 54.2 Å². The lowest BCUT2D eigenvalue weighted by molar-refractivity contribution is 0.690. The number of aromatic nitrogens is 2. The van der Waals surface area contributed by atoms with E-state index < -0.39 is 0 Å². The van der Waals surface area contributed by atoms with E-state index in [0.717, 1.165) is 30.6 Å². The Hall–Kier alpha value is -2.73. The molecule has 3 rings (SSSR count). The van der Waals surface area contributed by atoms with Crippen molar-refractivity contribution in [3.8, 4) is 0 Å². The molecule has 0 saturated carbocycles. The number of hydrogen-bond acceptors (Lipinski definition) is 3. The Morgan fingerprint density at radius 2 is 1.78 bits per heavy atom. The van der Waals surface area contributed by atoms with Gasteiger partial charge in [-0.15, -0.1) is 11.8 Å². The number of nitrogens with one attached hydrogen (secondary N) is 2. The molecule has 0 radical (unpaired) electrons. The molecule has 6 heteroatoms. The zero-order chi connectivity index (χ0) is 18.7. The average molecular weight is 380 g/mol. The van der Waals surface area contributed by atoms with Crippen molar-refractivity contribution in [2.45, 2.75) is 18.0 Å². The second-order valence-corrected chi connectivity index (χ2v) is 7.14. The third-order valence-electron chi connectivity index (χ3n) is 4.04. The first-order valence-corrected chi connectivity index (χ1v) is 10.00. The van der Waals surface area contributed by atoms with Gasteiger partial charge in [-0.1, -0.05) is 48.5 Å². The molecule has 140 valence electrons. The quantitative estimate of drug-likeness (QED) is 0.273. The third-order valence-corrected chi connectivity index (χ3v) is 5.06. The Morgan fingerprint density at radius 1 is 1.04 bits per heavy atom. The Balaban J connectivity index is 1.44. The van der Waals surface area contributed by atoms with Crippen LogP contribution < -0.4 is 10.6 Å². The summed E-state index contributed by atoms with van der Waals surface area (Å²) in [6, 6.07) is 20.8. The molecular weight excluding hydrogens is 354 g/mol. The molecule has 2 aromatic carbocycles. The van der Waals surface area contributed by atoms with E-state index in [1.807, 2.05) is 36.3 Å². The predicted octanol–water partition coefficient (Wildman–Crippen LogP) is 3.39. The summed E-state index contributed by atoms with van der Waals surface area (Å²) in [4.78, 5) is 10.0. The lowest BCUT2D eigenvalue weighted by Crippen LogP contribution is -2.38. The van der Waals surface area contributed by atoms with Crippen LogP contribution in [0.25, 0.3) is 0 Å². The van der Waals surface area contributed by atoms with Gasteiger partial charge in [0.15, 0.2) is 5.96 Å². The summed E-state index contributed by atoms with van der Waals surface area (Å²) >= 11 is 1.83. The van der Waals surface area contributed by atoms with Gasteiger partial charge < -0.3 is 15.2 Å². The van der Waals surface area contributed by atoms with Crippen LogP contribution in [0.15, 0.2) is 82.9 Å². The van der Waals surface area contributed by atoms with E-state index >= 15 is 0 Å². The van der Waals surface area contributed by atoms with E-state index in [2.05, 4.69) is 73.7 Å². The van der Waals surface area contributed by atoms with Crippen molar-refractivity contribution in [3.63, 3.8) is 0 Å². The van der Waals surface area contributed by atoms with Crippen molar-refractivity contribution in [2.75, 3.05) is 19.3 Å². The molecule has 27 heavy (non-hydrogen) atoms. The van der Waals surface area contributed by atoms with E-state index in [-0.39, 0.29) is 0 Å². The summed E-state index contributed by atoms with van der Waals surface area (Å²) in [6.45, 7) is 2.29. The van der Waals surface area contributed by atoms with Crippen molar-refractivity contribution in [2.24, 2.45) is 4.99 Å². The van der Waals surface area contributed by atoms with Crippen LogP contribution in [-0.4, -0.2) is 34.9 Å². The number of thioether (sulfide) groups is 1. The van der Waals surface area contributed by atoms with E-state index in [9.17, 15) is 0 Å². The van der Waals surface area contributed by atoms with Crippen LogP contribution >= 0.6 is 11.8 Å². The van der Waals surface area contributed by atoms with Crippen LogP contribution in [0, 0.1) is 0 Å². The van der Waals surface area contributed by atoms with Gasteiger partial charge in [0.2, 0.25) is 0 Å². The van der Waals surface area contributed by atoms with Crippen LogP contribution in [0.5, 0.6) is 0 Å². The fraction of sp³-hybridized carbons (Fsp3) is 0.238. The molecule has 0 fully saturated rings. The fourth-order valence-electron chi connectivity index (χ4n) is 2.67. The zero-order valence-corrected chi connectivity index (χ0v) is 16.3. The second kappa shape index (κ2) is 10.4. The normalized spacial score (nSPS) is 11.4. The summed E-state index contributed by atoms with van der Waals surface area (Å²) in [5, 5.41) is 6.70. The lowest BCUT2D eigenvalue weighted by Gasteiger charge is -2.13. The van der Waals surface area contributed by atoms with Crippen LogP contribution in [-0.2, 0) is 13.1 Å². The highest BCUT2D eigenvalue weighted by atomic mass is 32.2. The minimum Gasteiger partial charge on any atom is -0.356 e. The number of imidazole rings is 1. The first-order valence-electron chi connectivity index (χ1n) is 9.01. The molecule has 0 unspecified atom stereocenters. The Labute approximate surface area is 164 Å². The number of nitrogens with zero attached hydrogens (tertiary/aromatic N) is 3. The van der Waals surface area contributed by atoms with Gasteiger partial charge in [0.05, 0.1) is 6.54 Å². The smallest absolute Gasteiger partial charge is 0.191 e. The van der Waals surface area contributed by atoms with Crippen LogP contribution in [0.1, 0.15) is 11.4 Å². The SMILES string of the molecule is CN=C(NCCSc1ccccc1)NCc1nccn1Cc1ccccc1. The largest absolute Gasteiger partial charge is 0.356 e. The Kier molecular flexibility index (Phi) is 7.35. The standard InChI is InChI=1S/C21H25N5S/c1-22-21(24-13-15-27-19-10-6-3-7-11-19)25-16-20-23-12-14-26(20)17-18-8-4-2-5-9-18/h2-12,14H,13,15-17H2,1H3,(H2,22,24,25). The predicted molar refractivity (Wildman–Crippen MR) is 113 cm³/mol. The molecule has 1 aromatic heterocycles. The molecule has 0 spiro atoms. The van der Waals surface area contributed by atoms with Crippen molar-refractivity contribution in [3.05, 3.63) is 84.4 Å². The van der Waals surface area contributed by atoms with Crippen molar-refractivity contribution in [1.29, 1.82) is 0 Å². The maximum atomic E-state index is 4.47. The van der Waals surface area contributed by atoms with Gasteiger partial charge in [0, 0.05) is 43.2 Å². The van der Waals surface area contributed by atoms with Crippen molar-refractivity contribution < 1.29 is 0 Å². The van der Waals surface area contributed by atoms with E-state index in [1.165, 1.54) is 10.5 Å².